The molecule has 0 amide bonds. The summed E-state index contributed by atoms with van der Waals surface area (Å²) in [6.07, 6.45) is 3.99. The number of carbonyl (C=O) groups is 1. The third kappa shape index (κ3) is 8.23. The van der Waals surface area contributed by atoms with E-state index in [-0.39, 0.29) is 9.89 Å². The number of alkyl halides is 1. The third-order valence-corrected chi connectivity index (χ3v) is 6.22. The first kappa shape index (κ1) is 19.3. The van der Waals surface area contributed by atoms with Gasteiger partial charge in [0.15, 0.2) is 0 Å². The molecule has 0 aromatic carbocycles. The van der Waals surface area contributed by atoms with Crippen molar-refractivity contribution < 1.29 is 22.8 Å². The zero-order chi connectivity index (χ0) is 14.7. The standard InChI is InChI=1S/C12H25IO5Si/c1-11(13)12(14)18-9-7-5-6-8-10-19(15-2,16-3)17-4/h11H,5-10H2,1-4H3. The lowest BCUT2D eigenvalue weighted by atomic mass is 10.2. The number of hydrogen-bond donors (Lipinski definition) is 0. The largest absolute Gasteiger partial charge is 0.500 e. The summed E-state index contributed by atoms with van der Waals surface area (Å²) >= 11 is 2.05. The molecular formula is C12H25IO5Si. The van der Waals surface area contributed by atoms with Gasteiger partial charge in [0.25, 0.3) is 0 Å². The van der Waals surface area contributed by atoms with E-state index >= 15 is 0 Å². The molecule has 0 aromatic rings. The Labute approximate surface area is 130 Å². The van der Waals surface area contributed by atoms with Crippen LogP contribution in [0.4, 0.5) is 0 Å². The van der Waals surface area contributed by atoms with E-state index < -0.39 is 8.80 Å². The lowest BCUT2D eigenvalue weighted by molar-refractivity contribution is -0.142. The molecule has 0 N–H and O–H groups in total. The predicted octanol–water partition coefficient (Wildman–Crippen LogP) is 2.79. The van der Waals surface area contributed by atoms with Gasteiger partial charge in [-0.1, -0.05) is 35.4 Å². The summed E-state index contributed by atoms with van der Waals surface area (Å²) in [6.45, 7) is 2.33. The molecule has 19 heavy (non-hydrogen) atoms. The summed E-state index contributed by atoms with van der Waals surface area (Å²) in [7, 11) is 2.48. The van der Waals surface area contributed by atoms with Gasteiger partial charge in [0.1, 0.15) is 3.92 Å². The molecule has 0 rings (SSSR count). The molecule has 114 valence electrons. The number of ether oxygens (including phenoxy) is 1. The monoisotopic (exact) mass is 404 g/mol. The molecule has 1 unspecified atom stereocenters. The fraction of sp³-hybridized carbons (Fsp3) is 0.917. The maximum Gasteiger partial charge on any atom is 0.500 e. The van der Waals surface area contributed by atoms with Crippen LogP contribution >= 0.6 is 22.6 Å². The fourth-order valence-electron chi connectivity index (χ4n) is 1.64. The molecule has 0 aliphatic heterocycles. The van der Waals surface area contributed by atoms with Crippen molar-refractivity contribution in [2.45, 2.75) is 42.6 Å². The summed E-state index contributed by atoms with van der Waals surface area (Å²) in [6, 6.07) is 0.821. The Balaban J connectivity index is 3.57. The number of carbonyl (C=O) groups excluding carboxylic acids is 1. The number of rotatable bonds is 11. The maximum atomic E-state index is 11.2. The summed E-state index contributed by atoms with van der Waals surface area (Å²) in [5, 5.41) is 0. The van der Waals surface area contributed by atoms with Crippen molar-refractivity contribution in [3.05, 3.63) is 0 Å². The van der Waals surface area contributed by atoms with Crippen molar-refractivity contribution in [1.29, 1.82) is 0 Å². The van der Waals surface area contributed by atoms with Crippen LogP contribution in [0.15, 0.2) is 0 Å². The first-order valence-electron chi connectivity index (χ1n) is 6.47. The van der Waals surface area contributed by atoms with Crippen molar-refractivity contribution in [2.24, 2.45) is 0 Å². The molecule has 0 aromatic heterocycles. The minimum Gasteiger partial charge on any atom is -0.465 e. The van der Waals surface area contributed by atoms with Gasteiger partial charge in [0.2, 0.25) is 0 Å². The van der Waals surface area contributed by atoms with Gasteiger partial charge in [0.05, 0.1) is 6.61 Å². The van der Waals surface area contributed by atoms with E-state index in [0.717, 1.165) is 31.7 Å². The van der Waals surface area contributed by atoms with Gasteiger partial charge in [-0.05, 0) is 19.8 Å². The van der Waals surface area contributed by atoms with Crippen molar-refractivity contribution in [2.75, 3.05) is 27.9 Å². The second kappa shape index (κ2) is 11.0. The van der Waals surface area contributed by atoms with E-state index in [9.17, 15) is 4.79 Å². The van der Waals surface area contributed by atoms with Gasteiger partial charge in [-0.3, -0.25) is 4.79 Å². The number of esters is 1. The molecule has 0 saturated heterocycles. The maximum absolute atomic E-state index is 11.2. The van der Waals surface area contributed by atoms with E-state index in [1.165, 1.54) is 0 Å². The summed E-state index contributed by atoms with van der Waals surface area (Å²) < 4.78 is 21.1. The van der Waals surface area contributed by atoms with Crippen LogP contribution in [0.3, 0.4) is 0 Å². The van der Waals surface area contributed by atoms with Crippen LogP contribution in [0.5, 0.6) is 0 Å². The molecule has 1 atom stereocenters. The van der Waals surface area contributed by atoms with Gasteiger partial charge in [-0.25, -0.2) is 0 Å². The highest BCUT2D eigenvalue weighted by Crippen LogP contribution is 2.17. The highest BCUT2D eigenvalue weighted by atomic mass is 127. The Morgan fingerprint density at radius 3 is 2.05 bits per heavy atom. The Morgan fingerprint density at radius 2 is 1.58 bits per heavy atom. The molecule has 0 aliphatic carbocycles. The summed E-state index contributed by atoms with van der Waals surface area (Å²) in [4.78, 5) is 11.2. The summed E-state index contributed by atoms with van der Waals surface area (Å²) in [5.41, 5.74) is 0. The molecule has 0 radical (unpaired) electrons. The average molecular weight is 404 g/mol. The minimum atomic E-state index is -2.41. The van der Waals surface area contributed by atoms with Crippen molar-refractivity contribution in [3.8, 4) is 0 Å². The zero-order valence-corrected chi connectivity index (χ0v) is 15.4. The first-order valence-corrected chi connectivity index (χ1v) is 9.65. The van der Waals surface area contributed by atoms with Crippen LogP contribution < -0.4 is 0 Å². The van der Waals surface area contributed by atoms with Crippen LogP contribution in [0.25, 0.3) is 0 Å². The topological polar surface area (TPSA) is 54.0 Å². The molecule has 0 heterocycles. The number of hydrogen-bond acceptors (Lipinski definition) is 5. The fourth-order valence-corrected chi connectivity index (χ4v) is 3.62. The van der Waals surface area contributed by atoms with Crippen LogP contribution in [0.1, 0.15) is 32.6 Å². The van der Waals surface area contributed by atoms with E-state index in [1.807, 2.05) is 6.92 Å². The molecular weight excluding hydrogens is 379 g/mol. The highest BCUT2D eigenvalue weighted by molar-refractivity contribution is 14.1. The van der Waals surface area contributed by atoms with E-state index in [4.69, 9.17) is 18.0 Å². The third-order valence-electron chi connectivity index (χ3n) is 2.88. The van der Waals surface area contributed by atoms with E-state index in [2.05, 4.69) is 22.6 Å². The van der Waals surface area contributed by atoms with Crippen molar-refractivity contribution in [1.82, 2.24) is 0 Å². The molecule has 5 nitrogen and oxygen atoms in total. The Morgan fingerprint density at radius 1 is 1.05 bits per heavy atom. The molecule has 7 heteroatoms. The molecule has 0 spiro atoms. The minimum absolute atomic E-state index is 0.0747. The van der Waals surface area contributed by atoms with Gasteiger partial charge in [0, 0.05) is 27.4 Å². The molecule has 0 fully saturated rings. The van der Waals surface area contributed by atoms with Crippen molar-refractivity contribution in [3.63, 3.8) is 0 Å². The molecule has 0 aliphatic rings. The van der Waals surface area contributed by atoms with E-state index in [0.29, 0.717) is 6.61 Å². The van der Waals surface area contributed by atoms with Gasteiger partial charge >= 0.3 is 14.8 Å². The second-order valence-corrected chi connectivity index (χ2v) is 9.20. The van der Waals surface area contributed by atoms with Gasteiger partial charge in [-0.2, -0.15) is 0 Å². The van der Waals surface area contributed by atoms with Crippen LogP contribution in [0, 0.1) is 0 Å². The molecule has 0 saturated carbocycles. The average Bonchev–Trinajstić information content (AvgIpc) is 2.42. The second-order valence-electron chi connectivity index (χ2n) is 4.24. The normalized spacial score (nSPS) is 13.3. The van der Waals surface area contributed by atoms with Gasteiger partial charge in [-0.15, -0.1) is 0 Å². The van der Waals surface area contributed by atoms with Crippen LogP contribution in [-0.2, 0) is 22.8 Å². The van der Waals surface area contributed by atoms with Crippen molar-refractivity contribution >= 4 is 37.4 Å². The summed E-state index contributed by atoms with van der Waals surface area (Å²) in [5.74, 6) is -0.134. The molecule has 0 bridgehead atoms. The zero-order valence-electron chi connectivity index (χ0n) is 12.2. The smallest absolute Gasteiger partial charge is 0.465 e. The SMILES string of the molecule is CO[Si](CCCCCCOC(=O)C(C)I)(OC)OC. The first-order chi connectivity index (χ1) is 9.01. The Bertz CT molecular complexity index is 238. The van der Waals surface area contributed by atoms with Crippen LogP contribution in [0.2, 0.25) is 6.04 Å². The lowest BCUT2D eigenvalue weighted by Crippen LogP contribution is -2.42. The van der Waals surface area contributed by atoms with E-state index in [1.54, 1.807) is 21.3 Å². The number of halogens is 1. The Kier molecular flexibility index (Phi) is 11.2. The quantitative estimate of drug-likeness (QED) is 0.174. The Hall–Kier alpha value is 0.297. The lowest BCUT2D eigenvalue weighted by Gasteiger charge is -2.24. The predicted molar refractivity (Wildman–Crippen MR) is 84.5 cm³/mol. The van der Waals surface area contributed by atoms with Gasteiger partial charge < -0.3 is 18.0 Å². The highest BCUT2D eigenvalue weighted by Gasteiger charge is 2.36. The number of unbranched alkanes of at least 4 members (excludes halogenated alkanes) is 3. The van der Waals surface area contributed by atoms with Crippen LogP contribution in [-0.4, -0.2) is 46.6 Å².